The molecule has 2 rings (SSSR count). The highest BCUT2D eigenvalue weighted by atomic mass is 32.1. The standard InChI is InChI=1S/C15H15N3O5S/c1-9(14(19)17-8-11-3-2-6-24-11)23-15(20)12-7-10(18(21)22)4-5-13(12)16/h2-7,9H,8,16H2,1H3,(H,17,19)/t9-/m1/s1. The number of nitrogen functional groups attached to an aromatic ring is 1. The van der Waals surface area contributed by atoms with Gasteiger partial charge in [-0.2, -0.15) is 0 Å². The fourth-order valence-corrected chi connectivity index (χ4v) is 2.49. The topological polar surface area (TPSA) is 125 Å². The van der Waals surface area contributed by atoms with Crippen molar-refractivity contribution in [1.82, 2.24) is 5.32 Å². The van der Waals surface area contributed by atoms with Crippen molar-refractivity contribution in [3.63, 3.8) is 0 Å². The minimum Gasteiger partial charge on any atom is -0.449 e. The fraction of sp³-hybridized carbons (Fsp3) is 0.200. The first-order valence-corrected chi connectivity index (χ1v) is 7.81. The third-order valence-corrected chi connectivity index (χ3v) is 4.01. The minimum atomic E-state index is -1.06. The van der Waals surface area contributed by atoms with E-state index in [0.717, 1.165) is 10.9 Å². The van der Waals surface area contributed by atoms with Crippen LogP contribution in [-0.4, -0.2) is 22.9 Å². The van der Waals surface area contributed by atoms with E-state index in [-0.39, 0.29) is 16.9 Å². The Hall–Kier alpha value is -2.94. The maximum absolute atomic E-state index is 12.1. The van der Waals surface area contributed by atoms with E-state index in [1.807, 2.05) is 17.5 Å². The molecule has 0 radical (unpaired) electrons. The Morgan fingerprint density at radius 1 is 1.42 bits per heavy atom. The van der Waals surface area contributed by atoms with E-state index in [2.05, 4.69) is 5.32 Å². The van der Waals surface area contributed by atoms with Crippen molar-refractivity contribution in [2.24, 2.45) is 0 Å². The number of rotatable bonds is 6. The number of nitrogens with one attached hydrogen (secondary N) is 1. The molecule has 3 N–H and O–H groups in total. The van der Waals surface area contributed by atoms with E-state index in [1.54, 1.807) is 0 Å². The van der Waals surface area contributed by atoms with Gasteiger partial charge < -0.3 is 15.8 Å². The molecule has 1 atom stereocenters. The molecule has 0 aliphatic heterocycles. The summed E-state index contributed by atoms with van der Waals surface area (Å²) in [5.74, 6) is -1.37. The third kappa shape index (κ3) is 4.29. The number of nitro benzene ring substituents is 1. The molecule has 0 fully saturated rings. The predicted octanol–water partition coefficient (Wildman–Crippen LogP) is 2.10. The Morgan fingerprint density at radius 2 is 2.17 bits per heavy atom. The van der Waals surface area contributed by atoms with Gasteiger partial charge in [0, 0.05) is 22.7 Å². The van der Waals surface area contributed by atoms with Crippen molar-refractivity contribution in [1.29, 1.82) is 0 Å². The molecule has 1 amide bonds. The first kappa shape index (κ1) is 17.4. The number of esters is 1. The molecule has 1 aromatic heterocycles. The lowest BCUT2D eigenvalue weighted by atomic mass is 10.1. The molecule has 2 aromatic rings. The van der Waals surface area contributed by atoms with E-state index < -0.39 is 22.9 Å². The Kier molecular flexibility index (Phi) is 5.48. The van der Waals surface area contributed by atoms with Crippen LogP contribution in [0.25, 0.3) is 0 Å². The number of hydrogen-bond acceptors (Lipinski definition) is 7. The van der Waals surface area contributed by atoms with E-state index in [4.69, 9.17) is 10.5 Å². The number of non-ortho nitro benzene ring substituents is 1. The monoisotopic (exact) mass is 349 g/mol. The number of carbonyl (C=O) groups is 2. The van der Waals surface area contributed by atoms with Gasteiger partial charge in [-0.15, -0.1) is 11.3 Å². The maximum atomic E-state index is 12.1. The van der Waals surface area contributed by atoms with Crippen LogP contribution >= 0.6 is 11.3 Å². The summed E-state index contributed by atoms with van der Waals surface area (Å²) in [5, 5.41) is 15.3. The van der Waals surface area contributed by atoms with Crippen molar-refractivity contribution in [2.45, 2.75) is 19.6 Å². The Morgan fingerprint density at radius 3 is 2.79 bits per heavy atom. The van der Waals surface area contributed by atoms with Gasteiger partial charge in [-0.1, -0.05) is 6.07 Å². The van der Waals surface area contributed by atoms with Crippen molar-refractivity contribution < 1.29 is 19.2 Å². The van der Waals surface area contributed by atoms with Gasteiger partial charge in [0.25, 0.3) is 11.6 Å². The van der Waals surface area contributed by atoms with Crippen molar-refractivity contribution in [2.75, 3.05) is 5.73 Å². The van der Waals surface area contributed by atoms with Crippen molar-refractivity contribution in [3.8, 4) is 0 Å². The van der Waals surface area contributed by atoms with Crippen molar-refractivity contribution >= 4 is 34.6 Å². The molecule has 126 valence electrons. The van der Waals surface area contributed by atoms with Crippen LogP contribution in [0, 0.1) is 10.1 Å². The van der Waals surface area contributed by atoms with Crippen LogP contribution in [0.3, 0.4) is 0 Å². The Labute approximate surface area is 141 Å². The Bertz CT molecular complexity index is 760. The summed E-state index contributed by atoms with van der Waals surface area (Å²) in [4.78, 5) is 35.1. The van der Waals surface area contributed by atoms with Gasteiger partial charge in [0.15, 0.2) is 6.10 Å². The lowest BCUT2D eigenvalue weighted by molar-refractivity contribution is -0.384. The summed E-state index contributed by atoms with van der Waals surface area (Å²) in [6, 6.07) is 7.18. The van der Waals surface area contributed by atoms with Crippen molar-refractivity contribution in [3.05, 3.63) is 56.3 Å². The average molecular weight is 349 g/mol. The number of anilines is 1. The molecule has 0 spiro atoms. The zero-order valence-electron chi connectivity index (χ0n) is 12.7. The highest BCUT2D eigenvalue weighted by Gasteiger charge is 2.22. The van der Waals surface area contributed by atoms with Crippen LogP contribution in [0.1, 0.15) is 22.2 Å². The second-order valence-electron chi connectivity index (χ2n) is 4.87. The number of nitro groups is 1. The second-order valence-corrected chi connectivity index (χ2v) is 5.91. The maximum Gasteiger partial charge on any atom is 0.341 e. The second kappa shape index (κ2) is 7.55. The predicted molar refractivity (Wildman–Crippen MR) is 88.6 cm³/mol. The highest BCUT2D eigenvalue weighted by molar-refractivity contribution is 7.09. The Balaban J connectivity index is 1.99. The number of nitrogens with two attached hydrogens (primary N) is 1. The van der Waals surface area contributed by atoms with E-state index in [9.17, 15) is 19.7 Å². The largest absolute Gasteiger partial charge is 0.449 e. The number of hydrogen-bond donors (Lipinski definition) is 2. The third-order valence-electron chi connectivity index (χ3n) is 3.14. The summed E-state index contributed by atoms with van der Waals surface area (Å²) in [7, 11) is 0. The summed E-state index contributed by atoms with van der Waals surface area (Å²) in [5.41, 5.74) is 5.24. The lowest BCUT2D eigenvalue weighted by Gasteiger charge is -2.14. The molecule has 8 nitrogen and oxygen atoms in total. The molecule has 0 saturated heterocycles. The van der Waals surface area contributed by atoms with Crippen LogP contribution < -0.4 is 11.1 Å². The lowest BCUT2D eigenvalue weighted by Crippen LogP contribution is -2.35. The van der Waals surface area contributed by atoms with Crippen LogP contribution in [0.2, 0.25) is 0 Å². The van der Waals surface area contributed by atoms with Gasteiger partial charge in [-0.25, -0.2) is 4.79 Å². The number of carbonyl (C=O) groups excluding carboxylic acids is 2. The summed E-state index contributed by atoms with van der Waals surface area (Å²) in [6.07, 6.45) is -1.06. The number of nitrogens with zero attached hydrogens (tertiary/aromatic N) is 1. The van der Waals surface area contributed by atoms with Crippen LogP contribution in [-0.2, 0) is 16.1 Å². The van der Waals surface area contributed by atoms with E-state index in [0.29, 0.717) is 6.54 Å². The molecular formula is C15H15N3O5S. The van der Waals surface area contributed by atoms with Crippen LogP contribution in [0.15, 0.2) is 35.7 Å². The normalized spacial score (nSPS) is 11.5. The summed E-state index contributed by atoms with van der Waals surface area (Å²) in [6.45, 7) is 1.74. The zero-order valence-corrected chi connectivity index (χ0v) is 13.5. The SMILES string of the molecule is C[C@@H](OC(=O)c1cc([N+](=O)[O-])ccc1N)C(=O)NCc1cccs1. The summed E-state index contributed by atoms with van der Waals surface area (Å²) < 4.78 is 5.03. The number of amides is 1. The smallest absolute Gasteiger partial charge is 0.341 e. The molecule has 0 aliphatic carbocycles. The molecule has 0 saturated carbocycles. The minimum absolute atomic E-state index is 0.0387. The van der Waals surface area contributed by atoms with E-state index >= 15 is 0 Å². The van der Waals surface area contributed by atoms with Gasteiger partial charge >= 0.3 is 5.97 Å². The molecule has 24 heavy (non-hydrogen) atoms. The number of ether oxygens (including phenoxy) is 1. The number of thiophene rings is 1. The molecule has 0 unspecified atom stereocenters. The fourth-order valence-electron chi connectivity index (χ4n) is 1.84. The molecule has 1 heterocycles. The molecule has 0 bridgehead atoms. The van der Waals surface area contributed by atoms with Gasteiger partial charge in [0.05, 0.1) is 17.0 Å². The summed E-state index contributed by atoms with van der Waals surface area (Å²) >= 11 is 1.49. The molecule has 9 heteroatoms. The molecular weight excluding hydrogens is 334 g/mol. The zero-order chi connectivity index (χ0) is 17.7. The van der Waals surface area contributed by atoms with Crippen LogP contribution in [0.4, 0.5) is 11.4 Å². The van der Waals surface area contributed by atoms with E-state index in [1.165, 1.54) is 30.4 Å². The van der Waals surface area contributed by atoms with Gasteiger partial charge in [-0.05, 0) is 24.4 Å². The highest BCUT2D eigenvalue weighted by Crippen LogP contribution is 2.21. The van der Waals surface area contributed by atoms with Gasteiger partial charge in [0.1, 0.15) is 0 Å². The molecule has 0 aliphatic rings. The van der Waals surface area contributed by atoms with Crippen LogP contribution in [0.5, 0.6) is 0 Å². The first-order valence-electron chi connectivity index (χ1n) is 6.93. The average Bonchev–Trinajstić information content (AvgIpc) is 3.05. The van der Waals surface area contributed by atoms with Gasteiger partial charge in [0.2, 0.25) is 0 Å². The molecule has 1 aromatic carbocycles. The van der Waals surface area contributed by atoms with Gasteiger partial charge in [-0.3, -0.25) is 14.9 Å². The quantitative estimate of drug-likeness (QED) is 0.356. The number of benzene rings is 1. The first-order chi connectivity index (χ1) is 11.4.